The molecule has 2 aromatic heterocycles. The molecule has 0 bridgehead atoms. The third kappa shape index (κ3) is 3.35. The Labute approximate surface area is 223 Å². The van der Waals surface area contributed by atoms with E-state index in [1.807, 2.05) is 0 Å². The molecule has 0 fully saturated rings. The van der Waals surface area contributed by atoms with Crippen LogP contribution in [-0.2, 0) is 12.5 Å². The van der Waals surface area contributed by atoms with Gasteiger partial charge in [-0.05, 0) is 0 Å². The van der Waals surface area contributed by atoms with Gasteiger partial charge in [0.2, 0.25) is 0 Å². The summed E-state index contributed by atoms with van der Waals surface area (Å²) in [5.74, 6) is 0. The molecule has 0 aliphatic carbocycles. The van der Waals surface area contributed by atoms with E-state index in [0.29, 0.717) is 15.0 Å². The molecule has 0 spiro atoms. The molecule has 0 N–H and O–H groups in total. The molecule has 3 heterocycles. The number of para-hydroxylation sites is 1. The van der Waals surface area contributed by atoms with Crippen LogP contribution >= 0.6 is 0 Å². The Morgan fingerprint density at radius 1 is 0.730 bits per heavy atom. The van der Waals surface area contributed by atoms with E-state index in [4.69, 9.17) is 4.42 Å². The fraction of sp³-hybridized carbons (Fsp3) is 0.147. The van der Waals surface area contributed by atoms with Gasteiger partial charge < -0.3 is 0 Å². The van der Waals surface area contributed by atoms with Crippen molar-refractivity contribution in [1.82, 2.24) is 0 Å². The minimum absolute atomic E-state index is 0.0317. The van der Waals surface area contributed by atoms with Gasteiger partial charge in [-0.3, -0.25) is 0 Å². The van der Waals surface area contributed by atoms with Gasteiger partial charge in [0.05, 0.1) is 0 Å². The number of aryl methyl sites for hydroxylation is 2. The summed E-state index contributed by atoms with van der Waals surface area (Å²) in [4.78, 5) is 0. The van der Waals surface area contributed by atoms with Gasteiger partial charge in [-0.2, -0.15) is 0 Å². The van der Waals surface area contributed by atoms with Crippen LogP contribution in [0.2, 0.25) is 0 Å². The average molecular weight is 546 g/mol. The van der Waals surface area contributed by atoms with Gasteiger partial charge in [-0.1, -0.05) is 0 Å². The summed E-state index contributed by atoms with van der Waals surface area (Å²) < 4.78 is 11.9. The molecule has 6 aromatic rings. The van der Waals surface area contributed by atoms with Crippen LogP contribution in [0.1, 0.15) is 30.5 Å². The van der Waals surface area contributed by atoms with Crippen LogP contribution in [0.5, 0.6) is 0 Å². The second-order valence-electron chi connectivity index (χ2n) is 10.5. The Morgan fingerprint density at radius 2 is 1.51 bits per heavy atom. The van der Waals surface area contributed by atoms with E-state index in [1.54, 1.807) is 0 Å². The molecule has 0 unspecified atom stereocenters. The summed E-state index contributed by atoms with van der Waals surface area (Å²) >= 11 is 0.322. The Bertz CT molecular complexity index is 1860. The maximum atomic E-state index is 6.80. The predicted octanol–water partition coefficient (Wildman–Crippen LogP) is 6.35. The number of nitrogens with zero attached hydrogens (tertiary/aromatic N) is 1. The van der Waals surface area contributed by atoms with E-state index in [-0.39, 0.29) is 5.41 Å². The Balaban J connectivity index is 1.45. The Kier molecular flexibility index (Phi) is 4.98. The van der Waals surface area contributed by atoms with Crippen LogP contribution in [0.3, 0.4) is 0 Å². The molecule has 180 valence electrons. The third-order valence-corrected chi connectivity index (χ3v) is 10.3. The number of benzene rings is 4. The number of hydrogen-bond donors (Lipinski definition) is 0. The fourth-order valence-corrected chi connectivity index (χ4v) is 8.79. The zero-order valence-electron chi connectivity index (χ0n) is 21.5. The van der Waals surface area contributed by atoms with Crippen molar-refractivity contribution in [2.24, 2.45) is 7.05 Å². The first-order chi connectivity index (χ1) is 17.9. The molecule has 0 radical (unpaired) electrons. The molecule has 0 saturated carbocycles. The number of pyridine rings is 1. The van der Waals surface area contributed by atoms with E-state index in [1.165, 1.54) is 36.6 Å². The molecule has 0 amide bonds. The second-order valence-corrected chi connectivity index (χ2v) is 12.8. The van der Waals surface area contributed by atoms with Crippen LogP contribution in [0.4, 0.5) is 0 Å². The van der Waals surface area contributed by atoms with Crippen molar-refractivity contribution in [2.45, 2.75) is 26.2 Å². The SMILES string of the molecule is Cc1ccc2c(oc3c(-c4ccc5c(c4)C(C)(C)c4ccccc4[Se]5)cccc32)c1-c1cccc[n+]1C. The van der Waals surface area contributed by atoms with Gasteiger partial charge in [0.15, 0.2) is 0 Å². The van der Waals surface area contributed by atoms with E-state index >= 15 is 0 Å². The van der Waals surface area contributed by atoms with E-state index in [2.05, 4.69) is 130 Å². The van der Waals surface area contributed by atoms with Gasteiger partial charge >= 0.3 is 218 Å². The first kappa shape index (κ1) is 22.5. The van der Waals surface area contributed by atoms with Crippen molar-refractivity contribution in [3.05, 3.63) is 114 Å². The summed E-state index contributed by atoms with van der Waals surface area (Å²) in [5, 5.41) is 2.33. The Hall–Kier alpha value is -3.65. The Morgan fingerprint density at radius 3 is 2.38 bits per heavy atom. The van der Waals surface area contributed by atoms with Gasteiger partial charge in [0.25, 0.3) is 0 Å². The topological polar surface area (TPSA) is 17.0 Å². The van der Waals surface area contributed by atoms with Crippen LogP contribution < -0.4 is 13.5 Å². The first-order valence-electron chi connectivity index (χ1n) is 12.8. The molecule has 0 atom stereocenters. The van der Waals surface area contributed by atoms with E-state index in [9.17, 15) is 0 Å². The van der Waals surface area contributed by atoms with Crippen LogP contribution in [0.25, 0.3) is 44.3 Å². The van der Waals surface area contributed by atoms with Crippen LogP contribution in [-0.4, -0.2) is 15.0 Å². The van der Waals surface area contributed by atoms with Crippen molar-refractivity contribution in [3.8, 4) is 22.4 Å². The van der Waals surface area contributed by atoms with Gasteiger partial charge in [-0.15, -0.1) is 0 Å². The van der Waals surface area contributed by atoms with Crippen LogP contribution in [0.15, 0.2) is 102 Å². The van der Waals surface area contributed by atoms with E-state index in [0.717, 1.165) is 33.4 Å². The van der Waals surface area contributed by atoms with Gasteiger partial charge in [0.1, 0.15) is 0 Å². The zero-order chi connectivity index (χ0) is 25.3. The molecular weight excluding hydrogens is 517 g/mol. The number of rotatable bonds is 2. The molecule has 37 heavy (non-hydrogen) atoms. The van der Waals surface area contributed by atoms with E-state index < -0.39 is 0 Å². The van der Waals surface area contributed by atoms with Gasteiger partial charge in [-0.25, -0.2) is 0 Å². The number of fused-ring (bicyclic) bond motifs is 5. The molecular formula is C34H28NOSe+. The van der Waals surface area contributed by atoms with Crippen molar-refractivity contribution in [3.63, 3.8) is 0 Å². The molecule has 3 heteroatoms. The summed E-state index contributed by atoms with van der Waals surface area (Å²) in [6.07, 6.45) is 2.09. The number of furan rings is 1. The standard InChI is InChI=1S/C34H28NOSe/c1-21-15-17-25-24-11-9-10-23(32(24)36-33(25)31(21)28-13-7-8-19-35(28)4)22-16-18-30-27(20-22)34(2,3)26-12-5-6-14-29(26)37-30/h5-20H,1-4H3/q+1. The summed E-state index contributed by atoms with van der Waals surface area (Å²) in [7, 11) is 2.09. The minimum atomic E-state index is -0.0317. The summed E-state index contributed by atoms with van der Waals surface area (Å²) in [5.41, 5.74) is 10.7. The second kappa shape index (κ2) is 8.18. The normalized spacial score (nSPS) is 14.1. The third-order valence-electron chi connectivity index (χ3n) is 7.93. The van der Waals surface area contributed by atoms with Crippen molar-refractivity contribution < 1.29 is 8.98 Å². The molecule has 0 saturated heterocycles. The predicted molar refractivity (Wildman–Crippen MR) is 154 cm³/mol. The van der Waals surface area contributed by atoms with Crippen molar-refractivity contribution >= 4 is 45.8 Å². The van der Waals surface area contributed by atoms with Crippen molar-refractivity contribution in [2.75, 3.05) is 0 Å². The molecule has 4 aromatic carbocycles. The average Bonchev–Trinajstić information content (AvgIpc) is 3.28. The molecule has 1 aliphatic heterocycles. The molecule has 2 nitrogen and oxygen atoms in total. The van der Waals surface area contributed by atoms with Gasteiger partial charge in [0, 0.05) is 6.07 Å². The fourth-order valence-electron chi connectivity index (χ4n) is 5.90. The summed E-state index contributed by atoms with van der Waals surface area (Å²) in [6.45, 7) is 6.89. The maximum absolute atomic E-state index is 6.80. The summed E-state index contributed by atoms with van der Waals surface area (Å²) in [6, 6.07) is 33.3. The zero-order valence-corrected chi connectivity index (χ0v) is 23.2. The molecule has 7 rings (SSSR count). The molecule has 1 aliphatic rings. The first-order valence-corrected chi connectivity index (χ1v) is 14.5. The number of aromatic nitrogens is 1. The quantitative estimate of drug-likeness (QED) is 0.183. The number of hydrogen-bond acceptors (Lipinski definition) is 1. The van der Waals surface area contributed by atoms with Crippen molar-refractivity contribution in [1.29, 1.82) is 0 Å². The monoisotopic (exact) mass is 546 g/mol. The van der Waals surface area contributed by atoms with Crippen LogP contribution in [0, 0.1) is 6.92 Å².